The Morgan fingerprint density at radius 2 is 2.00 bits per heavy atom. The van der Waals surface area contributed by atoms with Gasteiger partial charge in [0.2, 0.25) is 0 Å². The number of nitrogens with zero attached hydrogens (tertiary/aromatic N) is 1. The lowest BCUT2D eigenvalue weighted by Crippen LogP contribution is -2.51. The average Bonchev–Trinajstić information content (AvgIpc) is 2.48. The third kappa shape index (κ3) is 3.76. The highest BCUT2D eigenvalue weighted by atomic mass is 79.9. The van der Waals surface area contributed by atoms with Crippen molar-refractivity contribution >= 4 is 15.9 Å². The number of methoxy groups -OCH3 is 1. The lowest BCUT2D eigenvalue weighted by atomic mass is 9.90. The summed E-state index contributed by atoms with van der Waals surface area (Å²) in [5.41, 5.74) is 1.27. The van der Waals surface area contributed by atoms with Crippen LogP contribution in [0.1, 0.15) is 18.4 Å². The fourth-order valence-corrected chi connectivity index (χ4v) is 3.82. The molecule has 5 heteroatoms. The van der Waals surface area contributed by atoms with Gasteiger partial charge in [0.05, 0.1) is 7.11 Å². The number of rotatable bonds is 5. The normalized spacial score (nSPS) is 20.7. The molecule has 3 rings (SSSR count). The van der Waals surface area contributed by atoms with Crippen LogP contribution < -0.4 is 14.8 Å². The summed E-state index contributed by atoms with van der Waals surface area (Å²) >= 11 is 3.60. The smallest absolute Gasteiger partial charge is 0.164 e. The largest absolute Gasteiger partial charge is 0.493 e. The van der Waals surface area contributed by atoms with Crippen molar-refractivity contribution in [3.05, 3.63) is 22.2 Å². The second-order valence-electron chi connectivity index (χ2n) is 6.45. The van der Waals surface area contributed by atoms with Crippen molar-refractivity contribution in [1.29, 1.82) is 0 Å². The number of likely N-dealkylation sites (N-methyl/N-ethyl adjacent to an activating group) is 1. The van der Waals surface area contributed by atoms with E-state index in [2.05, 4.69) is 39.3 Å². The van der Waals surface area contributed by atoms with Gasteiger partial charge in [-0.15, -0.1) is 0 Å². The molecular formula is C17H25BrN2O2. The molecule has 0 saturated carbocycles. The van der Waals surface area contributed by atoms with E-state index in [9.17, 15) is 0 Å². The van der Waals surface area contributed by atoms with Crippen LogP contribution in [-0.4, -0.2) is 51.3 Å². The number of halogens is 1. The number of nitrogens with one attached hydrogen (secondary N) is 1. The first-order valence-corrected chi connectivity index (χ1v) is 8.87. The van der Waals surface area contributed by atoms with Crippen molar-refractivity contribution in [1.82, 2.24) is 10.2 Å². The summed E-state index contributed by atoms with van der Waals surface area (Å²) in [7, 11) is 3.84. The molecule has 4 nitrogen and oxygen atoms in total. The van der Waals surface area contributed by atoms with E-state index in [0.717, 1.165) is 54.5 Å². The molecule has 1 aromatic carbocycles. The summed E-state index contributed by atoms with van der Waals surface area (Å²) < 4.78 is 12.9. The van der Waals surface area contributed by atoms with Crippen molar-refractivity contribution in [3.63, 3.8) is 0 Å². The molecule has 2 saturated heterocycles. The lowest BCUT2D eigenvalue weighted by molar-refractivity contribution is 0.0360. The zero-order valence-corrected chi connectivity index (χ0v) is 15.0. The van der Waals surface area contributed by atoms with Crippen molar-refractivity contribution in [3.8, 4) is 11.5 Å². The van der Waals surface area contributed by atoms with E-state index in [0.29, 0.717) is 0 Å². The summed E-state index contributed by atoms with van der Waals surface area (Å²) in [6.45, 7) is 4.23. The Morgan fingerprint density at radius 1 is 1.27 bits per heavy atom. The van der Waals surface area contributed by atoms with Crippen LogP contribution in [0.5, 0.6) is 11.5 Å². The van der Waals surface area contributed by atoms with Crippen LogP contribution in [-0.2, 0) is 6.42 Å². The molecule has 0 amide bonds. The van der Waals surface area contributed by atoms with Gasteiger partial charge in [0, 0.05) is 17.6 Å². The van der Waals surface area contributed by atoms with Gasteiger partial charge < -0.3 is 14.8 Å². The van der Waals surface area contributed by atoms with Gasteiger partial charge in [0.1, 0.15) is 6.10 Å². The van der Waals surface area contributed by atoms with E-state index in [1.165, 1.54) is 18.4 Å². The standard InChI is InChI=1S/C17H25BrN2O2/c1-20-10-15(11-20)22-17-13(7-12-3-5-19-6-4-12)8-14(18)9-16(17)21-2/h8-9,12,15,19H,3-7,10-11H2,1-2H3. The van der Waals surface area contributed by atoms with Crippen molar-refractivity contribution in [2.75, 3.05) is 40.3 Å². The summed E-state index contributed by atoms with van der Waals surface area (Å²) in [5.74, 6) is 2.52. The number of hydrogen-bond acceptors (Lipinski definition) is 4. The van der Waals surface area contributed by atoms with Gasteiger partial charge in [-0.25, -0.2) is 0 Å². The predicted molar refractivity (Wildman–Crippen MR) is 91.9 cm³/mol. The Morgan fingerprint density at radius 3 is 2.64 bits per heavy atom. The molecule has 0 aliphatic carbocycles. The highest BCUT2D eigenvalue weighted by Crippen LogP contribution is 2.38. The van der Waals surface area contributed by atoms with Gasteiger partial charge in [-0.1, -0.05) is 15.9 Å². The number of ether oxygens (including phenoxy) is 2. The summed E-state index contributed by atoms with van der Waals surface area (Å²) in [4.78, 5) is 2.27. The molecule has 2 aliphatic heterocycles. The Kier molecular flexibility index (Phi) is 5.26. The van der Waals surface area contributed by atoms with E-state index in [1.807, 2.05) is 6.07 Å². The Hall–Kier alpha value is -0.780. The van der Waals surface area contributed by atoms with Crippen molar-refractivity contribution < 1.29 is 9.47 Å². The molecule has 1 N–H and O–H groups in total. The first kappa shape index (κ1) is 16.1. The van der Waals surface area contributed by atoms with Crippen LogP contribution in [0, 0.1) is 5.92 Å². The maximum Gasteiger partial charge on any atom is 0.164 e. The highest BCUT2D eigenvalue weighted by molar-refractivity contribution is 9.10. The molecule has 0 spiro atoms. The third-order valence-electron chi connectivity index (χ3n) is 4.60. The van der Waals surface area contributed by atoms with E-state index in [-0.39, 0.29) is 6.10 Å². The minimum absolute atomic E-state index is 0.284. The molecule has 0 radical (unpaired) electrons. The van der Waals surface area contributed by atoms with Gasteiger partial charge in [-0.3, -0.25) is 4.90 Å². The molecule has 22 heavy (non-hydrogen) atoms. The minimum Gasteiger partial charge on any atom is -0.493 e. The summed E-state index contributed by atoms with van der Waals surface area (Å²) in [5, 5.41) is 3.43. The van der Waals surface area contributed by atoms with Gasteiger partial charge in [0.15, 0.2) is 11.5 Å². The molecule has 0 atom stereocenters. The maximum atomic E-state index is 6.27. The van der Waals surface area contributed by atoms with E-state index in [1.54, 1.807) is 7.11 Å². The monoisotopic (exact) mass is 368 g/mol. The molecule has 2 fully saturated rings. The van der Waals surface area contributed by atoms with Crippen molar-refractivity contribution in [2.45, 2.75) is 25.4 Å². The zero-order chi connectivity index (χ0) is 15.5. The molecule has 122 valence electrons. The molecule has 2 aliphatic rings. The average molecular weight is 369 g/mol. The van der Waals surface area contributed by atoms with Gasteiger partial charge in [0.25, 0.3) is 0 Å². The third-order valence-corrected chi connectivity index (χ3v) is 5.06. The van der Waals surface area contributed by atoms with Crippen LogP contribution in [0.25, 0.3) is 0 Å². The van der Waals surface area contributed by atoms with Crippen LogP contribution >= 0.6 is 15.9 Å². The molecule has 0 aromatic heterocycles. The van der Waals surface area contributed by atoms with Crippen LogP contribution in [0.2, 0.25) is 0 Å². The quantitative estimate of drug-likeness (QED) is 0.866. The number of hydrogen-bond donors (Lipinski definition) is 1. The van der Waals surface area contributed by atoms with Crippen molar-refractivity contribution in [2.24, 2.45) is 5.92 Å². The molecular weight excluding hydrogens is 344 g/mol. The fourth-order valence-electron chi connectivity index (χ4n) is 3.34. The maximum absolute atomic E-state index is 6.27. The first-order valence-electron chi connectivity index (χ1n) is 8.08. The zero-order valence-electron chi connectivity index (χ0n) is 13.4. The van der Waals surface area contributed by atoms with Gasteiger partial charge >= 0.3 is 0 Å². The summed E-state index contributed by atoms with van der Waals surface area (Å²) in [6, 6.07) is 4.20. The van der Waals surface area contributed by atoms with Crippen LogP contribution in [0.3, 0.4) is 0 Å². The second-order valence-corrected chi connectivity index (χ2v) is 7.37. The van der Waals surface area contributed by atoms with Crippen LogP contribution in [0.4, 0.5) is 0 Å². The second kappa shape index (κ2) is 7.20. The Labute approximate surface area is 141 Å². The molecule has 0 unspecified atom stereocenters. The Bertz CT molecular complexity index is 512. The van der Waals surface area contributed by atoms with E-state index < -0.39 is 0 Å². The summed E-state index contributed by atoms with van der Waals surface area (Å²) in [6.07, 6.45) is 3.82. The first-order chi connectivity index (χ1) is 10.7. The van der Waals surface area contributed by atoms with Gasteiger partial charge in [-0.2, -0.15) is 0 Å². The van der Waals surface area contributed by atoms with E-state index >= 15 is 0 Å². The van der Waals surface area contributed by atoms with Crippen LogP contribution in [0.15, 0.2) is 16.6 Å². The number of benzene rings is 1. The van der Waals surface area contributed by atoms with Gasteiger partial charge in [-0.05, 0) is 63.0 Å². The van der Waals surface area contributed by atoms with E-state index in [4.69, 9.17) is 9.47 Å². The highest BCUT2D eigenvalue weighted by Gasteiger charge is 2.28. The number of piperidine rings is 1. The number of likely N-dealkylation sites (tertiary alicyclic amines) is 1. The SMILES string of the molecule is COc1cc(Br)cc(CC2CCNCC2)c1OC1CN(C)C1. The molecule has 0 bridgehead atoms. The minimum atomic E-state index is 0.284. The molecule has 2 heterocycles. The lowest BCUT2D eigenvalue weighted by Gasteiger charge is -2.37. The fraction of sp³-hybridized carbons (Fsp3) is 0.647. The Balaban J connectivity index is 1.80. The predicted octanol–water partition coefficient (Wildman–Crippen LogP) is 2.69. The molecule has 1 aromatic rings. The topological polar surface area (TPSA) is 33.7 Å².